The molecule has 0 heterocycles. The standard InChI is InChI=1S/C11H22N2O/c1-5-7-10(3)14-9-11(4,8-12)13-6-2/h10,13H,5-7,9H2,1-4H3. The largest absolute Gasteiger partial charge is 0.375 e. The highest BCUT2D eigenvalue weighted by Crippen LogP contribution is 2.07. The summed E-state index contributed by atoms with van der Waals surface area (Å²) in [5.74, 6) is 0. The summed E-state index contributed by atoms with van der Waals surface area (Å²) >= 11 is 0. The van der Waals surface area contributed by atoms with Crippen molar-refractivity contribution in [2.75, 3.05) is 13.2 Å². The third kappa shape index (κ3) is 5.21. The minimum Gasteiger partial charge on any atom is -0.375 e. The summed E-state index contributed by atoms with van der Waals surface area (Å²) in [5.41, 5.74) is -0.545. The molecule has 3 nitrogen and oxygen atoms in total. The second-order valence-electron chi connectivity index (χ2n) is 3.88. The minimum absolute atomic E-state index is 0.242. The Hall–Kier alpha value is -0.590. The van der Waals surface area contributed by atoms with Gasteiger partial charge < -0.3 is 4.74 Å². The van der Waals surface area contributed by atoms with Crippen molar-refractivity contribution in [2.45, 2.75) is 52.2 Å². The van der Waals surface area contributed by atoms with E-state index in [4.69, 9.17) is 10.00 Å². The first-order chi connectivity index (χ1) is 6.58. The fourth-order valence-corrected chi connectivity index (χ4v) is 1.31. The lowest BCUT2D eigenvalue weighted by Crippen LogP contribution is -2.45. The van der Waals surface area contributed by atoms with Gasteiger partial charge in [0.05, 0.1) is 18.8 Å². The monoisotopic (exact) mass is 198 g/mol. The molecule has 0 radical (unpaired) electrons. The Bertz CT molecular complexity index is 188. The van der Waals surface area contributed by atoms with E-state index in [0.717, 1.165) is 19.4 Å². The number of rotatable bonds is 7. The van der Waals surface area contributed by atoms with Crippen LogP contribution in [-0.2, 0) is 4.74 Å². The summed E-state index contributed by atoms with van der Waals surface area (Å²) in [6.45, 7) is 9.29. The lowest BCUT2D eigenvalue weighted by atomic mass is 10.1. The lowest BCUT2D eigenvalue weighted by Gasteiger charge is -2.24. The van der Waals surface area contributed by atoms with Gasteiger partial charge in [-0.25, -0.2) is 0 Å². The van der Waals surface area contributed by atoms with E-state index in [2.05, 4.69) is 18.3 Å². The van der Waals surface area contributed by atoms with Gasteiger partial charge in [0.1, 0.15) is 5.54 Å². The molecule has 0 saturated heterocycles. The quantitative estimate of drug-likeness (QED) is 0.681. The van der Waals surface area contributed by atoms with Gasteiger partial charge >= 0.3 is 0 Å². The highest BCUT2D eigenvalue weighted by molar-refractivity contribution is 5.03. The summed E-state index contributed by atoms with van der Waals surface area (Å²) in [4.78, 5) is 0. The summed E-state index contributed by atoms with van der Waals surface area (Å²) in [5, 5.41) is 12.1. The normalized spacial score (nSPS) is 17.1. The predicted octanol–water partition coefficient (Wildman–Crippen LogP) is 2.08. The molecule has 0 aromatic rings. The van der Waals surface area contributed by atoms with Crippen LogP contribution >= 0.6 is 0 Å². The molecular formula is C11H22N2O. The molecule has 0 aliphatic rings. The van der Waals surface area contributed by atoms with Crippen LogP contribution in [0.5, 0.6) is 0 Å². The molecule has 82 valence electrons. The van der Waals surface area contributed by atoms with Crippen molar-refractivity contribution in [2.24, 2.45) is 0 Å². The topological polar surface area (TPSA) is 45.0 Å². The van der Waals surface area contributed by atoms with Crippen molar-refractivity contribution < 1.29 is 4.74 Å². The van der Waals surface area contributed by atoms with Crippen LogP contribution in [0.25, 0.3) is 0 Å². The Morgan fingerprint density at radius 1 is 1.50 bits per heavy atom. The zero-order chi connectivity index (χ0) is 11.0. The van der Waals surface area contributed by atoms with Gasteiger partial charge in [-0.1, -0.05) is 20.3 Å². The van der Waals surface area contributed by atoms with E-state index in [0.29, 0.717) is 6.61 Å². The van der Waals surface area contributed by atoms with Crippen molar-refractivity contribution >= 4 is 0 Å². The van der Waals surface area contributed by atoms with E-state index in [1.165, 1.54) is 0 Å². The third-order valence-electron chi connectivity index (χ3n) is 2.17. The van der Waals surface area contributed by atoms with Crippen LogP contribution in [0, 0.1) is 11.3 Å². The maximum absolute atomic E-state index is 8.97. The molecule has 0 aliphatic carbocycles. The van der Waals surface area contributed by atoms with Crippen LogP contribution in [0.3, 0.4) is 0 Å². The molecule has 0 amide bonds. The van der Waals surface area contributed by atoms with E-state index in [1.54, 1.807) is 0 Å². The zero-order valence-corrected chi connectivity index (χ0v) is 9.76. The first kappa shape index (κ1) is 13.4. The number of hydrogen-bond acceptors (Lipinski definition) is 3. The average molecular weight is 198 g/mol. The molecule has 0 aromatic heterocycles. The van der Waals surface area contributed by atoms with Crippen LogP contribution in [0.1, 0.15) is 40.5 Å². The first-order valence-electron chi connectivity index (χ1n) is 5.35. The molecule has 14 heavy (non-hydrogen) atoms. The molecule has 3 heteroatoms. The number of ether oxygens (including phenoxy) is 1. The van der Waals surface area contributed by atoms with Crippen molar-refractivity contribution in [1.29, 1.82) is 5.26 Å². The fraction of sp³-hybridized carbons (Fsp3) is 0.909. The summed E-state index contributed by atoms with van der Waals surface area (Å²) in [6, 6.07) is 2.24. The number of nitrogens with zero attached hydrogens (tertiary/aromatic N) is 1. The Morgan fingerprint density at radius 2 is 2.14 bits per heavy atom. The molecule has 0 bridgehead atoms. The Kier molecular flexibility index (Phi) is 6.52. The maximum Gasteiger partial charge on any atom is 0.127 e. The third-order valence-corrected chi connectivity index (χ3v) is 2.17. The Labute approximate surface area is 87.4 Å². The SMILES string of the molecule is CCCC(C)OCC(C)(C#N)NCC. The second kappa shape index (κ2) is 6.80. The van der Waals surface area contributed by atoms with Gasteiger partial charge in [-0.15, -0.1) is 0 Å². The van der Waals surface area contributed by atoms with Gasteiger partial charge in [0.2, 0.25) is 0 Å². The minimum atomic E-state index is -0.545. The van der Waals surface area contributed by atoms with Crippen molar-refractivity contribution in [3.63, 3.8) is 0 Å². The molecule has 0 fully saturated rings. The van der Waals surface area contributed by atoms with Crippen LogP contribution in [0.2, 0.25) is 0 Å². The molecular weight excluding hydrogens is 176 g/mol. The summed E-state index contributed by atoms with van der Waals surface area (Å²) in [7, 11) is 0. The fourth-order valence-electron chi connectivity index (χ4n) is 1.31. The Balaban J connectivity index is 3.89. The predicted molar refractivity (Wildman–Crippen MR) is 58.0 cm³/mol. The molecule has 0 saturated carbocycles. The summed E-state index contributed by atoms with van der Waals surface area (Å²) in [6.07, 6.45) is 2.41. The van der Waals surface area contributed by atoms with Gasteiger partial charge in [-0.3, -0.25) is 5.32 Å². The first-order valence-corrected chi connectivity index (χ1v) is 5.35. The number of nitrogens with one attached hydrogen (secondary N) is 1. The summed E-state index contributed by atoms with van der Waals surface area (Å²) < 4.78 is 5.61. The molecule has 1 N–H and O–H groups in total. The smallest absolute Gasteiger partial charge is 0.127 e. The van der Waals surface area contributed by atoms with E-state index in [-0.39, 0.29) is 6.10 Å². The Morgan fingerprint density at radius 3 is 2.57 bits per heavy atom. The molecule has 0 aliphatic heterocycles. The van der Waals surface area contributed by atoms with E-state index < -0.39 is 5.54 Å². The van der Waals surface area contributed by atoms with Crippen LogP contribution in [0.15, 0.2) is 0 Å². The molecule has 0 rings (SSSR count). The van der Waals surface area contributed by atoms with Crippen molar-refractivity contribution in [3.8, 4) is 6.07 Å². The van der Waals surface area contributed by atoms with Gasteiger partial charge in [-0.05, 0) is 26.8 Å². The molecule has 2 unspecified atom stereocenters. The van der Waals surface area contributed by atoms with E-state index >= 15 is 0 Å². The number of hydrogen-bond donors (Lipinski definition) is 1. The number of likely N-dealkylation sites (N-methyl/N-ethyl adjacent to an activating group) is 1. The molecule has 0 aromatic carbocycles. The molecule has 0 spiro atoms. The highest BCUT2D eigenvalue weighted by atomic mass is 16.5. The van der Waals surface area contributed by atoms with Gasteiger partial charge in [0, 0.05) is 0 Å². The van der Waals surface area contributed by atoms with Crippen LogP contribution in [0.4, 0.5) is 0 Å². The molecule has 2 atom stereocenters. The second-order valence-corrected chi connectivity index (χ2v) is 3.88. The van der Waals surface area contributed by atoms with Crippen molar-refractivity contribution in [1.82, 2.24) is 5.32 Å². The van der Waals surface area contributed by atoms with Crippen molar-refractivity contribution in [3.05, 3.63) is 0 Å². The van der Waals surface area contributed by atoms with E-state index in [9.17, 15) is 0 Å². The van der Waals surface area contributed by atoms with E-state index in [1.807, 2.05) is 20.8 Å². The van der Waals surface area contributed by atoms with Gasteiger partial charge in [0.25, 0.3) is 0 Å². The van der Waals surface area contributed by atoms with Crippen LogP contribution in [-0.4, -0.2) is 24.8 Å². The number of nitriles is 1. The van der Waals surface area contributed by atoms with Gasteiger partial charge in [-0.2, -0.15) is 5.26 Å². The lowest BCUT2D eigenvalue weighted by molar-refractivity contribution is 0.0333. The maximum atomic E-state index is 8.97. The average Bonchev–Trinajstić information content (AvgIpc) is 2.16. The van der Waals surface area contributed by atoms with Gasteiger partial charge in [0.15, 0.2) is 0 Å². The highest BCUT2D eigenvalue weighted by Gasteiger charge is 2.23. The zero-order valence-electron chi connectivity index (χ0n) is 9.76. The van der Waals surface area contributed by atoms with Crippen LogP contribution < -0.4 is 5.32 Å².